The van der Waals surface area contributed by atoms with Gasteiger partial charge in [-0.2, -0.15) is 0 Å². The van der Waals surface area contributed by atoms with Crippen LogP contribution in [-0.4, -0.2) is 44.7 Å². The van der Waals surface area contributed by atoms with Crippen LogP contribution in [-0.2, 0) is 6.54 Å². The lowest BCUT2D eigenvalue weighted by molar-refractivity contribution is 0.0950. The Hall–Kier alpha value is -4.99. The van der Waals surface area contributed by atoms with Gasteiger partial charge in [0, 0.05) is 29.6 Å². The predicted octanol–water partition coefficient (Wildman–Crippen LogP) is 3.88. The number of nitrogens with one attached hydrogen (secondary N) is 2. The van der Waals surface area contributed by atoms with Crippen LogP contribution in [0.25, 0.3) is 16.9 Å². The summed E-state index contributed by atoms with van der Waals surface area (Å²) in [5, 5.41) is 10.6. The summed E-state index contributed by atoms with van der Waals surface area (Å²) in [6.45, 7) is 0.304. The summed E-state index contributed by atoms with van der Waals surface area (Å²) in [4.78, 5) is 25.8. The Morgan fingerprint density at radius 1 is 0.944 bits per heavy atom. The van der Waals surface area contributed by atoms with E-state index in [1.54, 1.807) is 37.1 Å². The average Bonchev–Trinajstić information content (AvgIpc) is 3.33. The summed E-state index contributed by atoms with van der Waals surface area (Å²) in [6.07, 6.45) is 3.50. The van der Waals surface area contributed by atoms with Crippen molar-refractivity contribution in [1.82, 2.24) is 29.9 Å². The van der Waals surface area contributed by atoms with Crippen LogP contribution in [0, 0.1) is 0 Å². The van der Waals surface area contributed by atoms with Gasteiger partial charge in [0.2, 0.25) is 0 Å². The lowest BCUT2D eigenvalue weighted by Crippen LogP contribution is -2.23. The zero-order valence-corrected chi connectivity index (χ0v) is 19.7. The number of hydrogen-bond donors (Lipinski definition) is 2. The molecule has 4 aromatic heterocycles. The van der Waals surface area contributed by atoms with Crippen molar-refractivity contribution in [3.05, 3.63) is 90.4 Å². The van der Waals surface area contributed by atoms with Gasteiger partial charge in [-0.3, -0.25) is 4.79 Å². The fourth-order valence-electron chi connectivity index (χ4n) is 3.61. The molecule has 10 nitrogen and oxygen atoms in total. The molecule has 0 atom stereocenters. The molecule has 0 fully saturated rings. The molecule has 180 valence electrons. The Morgan fingerprint density at radius 3 is 2.61 bits per heavy atom. The molecule has 1 aromatic carbocycles. The Bertz CT molecular complexity index is 1520. The Kier molecular flexibility index (Phi) is 6.39. The molecular formula is C26H23N7O3. The van der Waals surface area contributed by atoms with Gasteiger partial charge in [-0.15, -0.1) is 5.10 Å². The number of pyridine rings is 2. The number of benzene rings is 1. The van der Waals surface area contributed by atoms with Crippen LogP contribution >= 0.6 is 0 Å². The van der Waals surface area contributed by atoms with Crippen LogP contribution in [0.4, 0.5) is 11.6 Å². The number of nitrogens with zero attached hydrogens (tertiary/aromatic N) is 5. The molecule has 0 bridgehead atoms. The monoisotopic (exact) mass is 481 g/mol. The molecule has 4 heterocycles. The summed E-state index contributed by atoms with van der Waals surface area (Å²) in [6, 6.07) is 20.1. The maximum absolute atomic E-state index is 12.3. The number of fused-ring (bicyclic) bond motifs is 1. The number of aromatic nitrogens is 5. The fourth-order valence-corrected chi connectivity index (χ4v) is 3.61. The summed E-state index contributed by atoms with van der Waals surface area (Å²) >= 11 is 0. The first-order valence-electron chi connectivity index (χ1n) is 11.1. The topological polar surface area (TPSA) is 116 Å². The number of carbonyl (C=O) groups is 1. The minimum atomic E-state index is -0.150. The minimum Gasteiger partial charge on any atom is -0.491 e. The maximum Gasteiger partial charge on any atom is 0.256 e. The molecule has 0 aliphatic carbocycles. The minimum absolute atomic E-state index is 0.150. The largest absolute Gasteiger partial charge is 0.491 e. The van der Waals surface area contributed by atoms with Crippen LogP contribution < -0.4 is 20.1 Å². The summed E-state index contributed by atoms with van der Waals surface area (Å²) < 4.78 is 12.2. The fraction of sp³-hybridized carbons (Fsp3) is 0.115. The lowest BCUT2D eigenvalue weighted by Gasteiger charge is -2.08. The highest BCUT2D eigenvalue weighted by atomic mass is 16.5. The van der Waals surface area contributed by atoms with Gasteiger partial charge in [0.05, 0.1) is 32.2 Å². The highest BCUT2D eigenvalue weighted by Crippen LogP contribution is 2.29. The zero-order valence-electron chi connectivity index (χ0n) is 19.7. The Morgan fingerprint density at radius 2 is 1.81 bits per heavy atom. The first kappa shape index (κ1) is 22.8. The summed E-state index contributed by atoms with van der Waals surface area (Å²) in [5.41, 5.74) is 3.48. The normalized spacial score (nSPS) is 10.7. The zero-order chi connectivity index (χ0) is 24.9. The molecule has 0 unspecified atom stereocenters. The summed E-state index contributed by atoms with van der Waals surface area (Å²) in [7, 11) is 3.11. The van der Waals surface area contributed by atoms with Crippen LogP contribution in [0.2, 0.25) is 0 Å². The van der Waals surface area contributed by atoms with Crippen LogP contribution in [0.1, 0.15) is 16.1 Å². The summed E-state index contributed by atoms with van der Waals surface area (Å²) in [5.74, 6) is 1.98. The number of hydrogen-bond acceptors (Lipinski definition) is 8. The second-order valence-corrected chi connectivity index (χ2v) is 7.77. The molecule has 36 heavy (non-hydrogen) atoms. The molecule has 0 radical (unpaired) electrons. The van der Waals surface area contributed by atoms with E-state index < -0.39 is 0 Å². The van der Waals surface area contributed by atoms with E-state index in [-0.39, 0.29) is 5.91 Å². The van der Waals surface area contributed by atoms with Crippen LogP contribution in [0.5, 0.6) is 11.6 Å². The number of amides is 1. The van der Waals surface area contributed by atoms with Crippen molar-refractivity contribution in [1.29, 1.82) is 0 Å². The predicted molar refractivity (Wildman–Crippen MR) is 134 cm³/mol. The van der Waals surface area contributed by atoms with Gasteiger partial charge in [0.25, 0.3) is 11.8 Å². The van der Waals surface area contributed by atoms with Crippen molar-refractivity contribution >= 4 is 23.2 Å². The van der Waals surface area contributed by atoms with E-state index in [4.69, 9.17) is 14.5 Å². The molecule has 1 amide bonds. The highest BCUT2D eigenvalue weighted by Gasteiger charge is 2.11. The van der Waals surface area contributed by atoms with Gasteiger partial charge in [0.15, 0.2) is 17.2 Å². The van der Waals surface area contributed by atoms with E-state index >= 15 is 0 Å². The lowest BCUT2D eigenvalue weighted by atomic mass is 10.2. The van der Waals surface area contributed by atoms with Gasteiger partial charge in [-0.05, 0) is 36.4 Å². The third-order valence-corrected chi connectivity index (χ3v) is 5.38. The number of carbonyl (C=O) groups excluding carboxylic acids is 1. The standard InChI is InChI=1S/C26H23N7O3/c1-35-21-13-18(15-28-26(21)36-2)20-11-12-33-24(30-20)14-23(32-33)31-22-10-6-9-19(29-22)16-27-25(34)17-7-4-3-5-8-17/h3-15H,16H2,1-2H3,(H,27,34)(H,29,31,32). The molecule has 5 rings (SSSR count). The van der Waals surface area contributed by atoms with Gasteiger partial charge >= 0.3 is 0 Å². The van der Waals surface area contributed by atoms with E-state index in [9.17, 15) is 4.79 Å². The first-order valence-corrected chi connectivity index (χ1v) is 11.1. The van der Waals surface area contributed by atoms with Crippen molar-refractivity contribution in [3.8, 4) is 22.9 Å². The Balaban J connectivity index is 1.30. The number of anilines is 2. The third kappa shape index (κ3) is 4.92. The molecular weight excluding hydrogens is 458 g/mol. The van der Waals surface area contributed by atoms with Gasteiger partial charge < -0.3 is 20.1 Å². The van der Waals surface area contributed by atoms with Crippen LogP contribution in [0.3, 0.4) is 0 Å². The second kappa shape index (κ2) is 10.1. The van der Waals surface area contributed by atoms with Crippen molar-refractivity contribution in [2.75, 3.05) is 19.5 Å². The quantitative estimate of drug-likeness (QED) is 0.343. The second-order valence-electron chi connectivity index (χ2n) is 7.77. The van der Waals surface area contributed by atoms with Gasteiger partial charge in [-0.25, -0.2) is 19.5 Å². The van der Waals surface area contributed by atoms with E-state index in [0.29, 0.717) is 41.0 Å². The maximum atomic E-state index is 12.3. The van der Waals surface area contributed by atoms with Crippen LogP contribution in [0.15, 0.2) is 79.1 Å². The van der Waals surface area contributed by atoms with Crippen molar-refractivity contribution in [3.63, 3.8) is 0 Å². The van der Waals surface area contributed by atoms with E-state index in [0.717, 1.165) is 17.0 Å². The molecule has 0 aliphatic rings. The molecule has 0 aliphatic heterocycles. The average molecular weight is 482 g/mol. The number of ether oxygens (including phenoxy) is 2. The van der Waals surface area contributed by atoms with Crippen molar-refractivity contribution < 1.29 is 14.3 Å². The number of rotatable bonds is 8. The highest BCUT2D eigenvalue weighted by molar-refractivity contribution is 5.94. The van der Waals surface area contributed by atoms with E-state index in [2.05, 4.69) is 25.7 Å². The van der Waals surface area contributed by atoms with Gasteiger partial charge in [0.1, 0.15) is 5.82 Å². The van der Waals surface area contributed by atoms with E-state index in [1.165, 1.54) is 0 Å². The molecule has 10 heteroatoms. The van der Waals surface area contributed by atoms with E-state index in [1.807, 2.05) is 60.8 Å². The molecule has 0 saturated carbocycles. The van der Waals surface area contributed by atoms with Crippen molar-refractivity contribution in [2.24, 2.45) is 0 Å². The third-order valence-electron chi connectivity index (χ3n) is 5.38. The first-order chi connectivity index (χ1) is 17.6. The number of methoxy groups -OCH3 is 2. The SMILES string of the molecule is COc1cc(-c2ccn3nc(Nc4cccc(CNC(=O)c5ccccc5)n4)cc3n2)cnc1OC. The molecule has 2 N–H and O–H groups in total. The van der Waals surface area contributed by atoms with Gasteiger partial charge in [-0.1, -0.05) is 24.3 Å². The van der Waals surface area contributed by atoms with Crippen molar-refractivity contribution in [2.45, 2.75) is 6.54 Å². The smallest absolute Gasteiger partial charge is 0.256 e. The molecule has 0 spiro atoms. The Labute approximate surface area is 207 Å². The molecule has 5 aromatic rings. The molecule has 0 saturated heterocycles.